The van der Waals surface area contributed by atoms with Crippen LogP contribution >= 0.6 is 0 Å². The summed E-state index contributed by atoms with van der Waals surface area (Å²) in [6.45, 7) is 3.61. The van der Waals surface area contributed by atoms with Gasteiger partial charge in [-0.25, -0.2) is 13.8 Å². The first-order valence-electron chi connectivity index (χ1n) is 11.7. The third-order valence-corrected chi connectivity index (χ3v) is 6.39. The van der Waals surface area contributed by atoms with E-state index in [1.807, 2.05) is 11.8 Å². The highest BCUT2D eigenvalue weighted by molar-refractivity contribution is 6.08. The Labute approximate surface area is 205 Å². The third kappa shape index (κ3) is 4.81. The van der Waals surface area contributed by atoms with Gasteiger partial charge in [-0.3, -0.25) is 9.59 Å². The second-order valence-corrected chi connectivity index (χ2v) is 8.82. The number of aromatic amines is 1. The monoisotopic (exact) mass is 496 g/mol. The van der Waals surface area contributed by atoms with E-state index in [-0.39, 0.29) is 31.5 Å². The van der Waals surface area contributed by atoms with E-state index in [4.69, 9.17) is 4.74 Å². The first-order valence-corrected chi connectivity index (χ1v) is 11.7. The number of anilines is 5. The van der Waals surface area contributed by atoms with Crippen molar-refractivity contribution in [2.75, 3.05) is 47.1 Å². The lowest BCUT2D eigenvalue weighted by Gasteiger charge is -2.33. The van der Waals surface area contributed by atoms with Crippen LogP contribution in [0.1, 0.15) is 28.8 Å². The van der Waals surface area contributed by atoms with E-state index in [0.717, 1.165) is 16.9 Å². The molecule has 0 radical (unpaired) electrons. The molecule has 0 unspecified atom stereocenters. The van der Waals surface area contributed by atoms with E-state index in [0.29, 0.717) is 36.1 Å². The van der Waals surface area contributed by atoms with Crippen molar-refractivity contribution in [3.8, 4) is 5.88 Å². The molecule has 5 rings (SSSR count). The predicted octanol–water partition coefficient (Wildman–Crippen LogP) is 4.11. The van der Waals surface area contributed by atoms with Gasteiger partial charge in [-0.05, 0) is 37.3 Å². The molecule has 1 aromatic carbocycles. The number of hydrogen-bond acceptors (Lipinski definition) is 7. The van der Waals surface area contributed by atoms with Crippen molar-refractivity contribution in [2.24, 2.45) is 0 Å². The maximum atomic E-state index is 13.4. The highest BCUT2D eigenvalue weighted by Crippen LogP contribution is 2.34. The molecule has 2 aromatic heterocycles. The van der Waals surface area contributed by atoms with Crippen molar-refractivity contribution in [1.82, 2.24) is 9.97 Å². The molecular formula is C25H26F2N6O3. The average Bonchev–Trinajstić information content (AvgIpc) is 2.86. The number of piperidine rings is 1. The van der Waals surface area contributed by atoms with E-state index in [9.17, 15) is 18.4 Å². The molecule has 2 aliphatic rings. The molecule has 9 nitrogen and oxygen atoms in total. The Kier molecular flexibility index (Phi) is 6.21. The van der Waals surface area contributed by atoms with Gasteiger partial charge in [0.1, 0.15) is 17.9 Å². The van der Waals surface area contributed by atoms with Gasteiger partial charge in [0.05, 0.1) is 17.6 Å². The number of fused-ring (bicyclic) bond motifs is 1. The average molecular weight is 497 g/mol. The van der Waals surface area contributed by atoms with Crippen LogP contribution in [0.15, 0.2) is 47.5 Å². The number of ether oxygens (including phenoxy) is 1. The largest absolute Gasteiger partial charge is 0.474 e. The van der Waals surface area contributed by atoms with Crippen LogP contribution in [-0.2, 0) is 0 Å². The van der Waals surface area contributed by atoms with Gasteiger partial charge in [0.15, 0.2) is 0 Å². The lowest BCUT2D eigenvalue weighted by atomic mass is 10.1. The number of aromatic nitrogens is 2. The summed E-state index contributed by atoms with van der Waals surface area (Å²) in [5.74, 6) is -2.69. The molecule has 0 aliphatic carbocycles. The van der Waals surface area contributed by atoms with Crippen LogP contribution in [0.3, 0.4) is 0 Å². The summed E-state index contributed by atoms with van der Waals surface area (Å²) in [5, 5.41) is 9.15. The zero-order valence-electron chi connectivity index (χ0n) is 19.7. The van der Waals surface area contributed by atoms with Crippen LogP contribution in [-0.4, -0.2) is 48.0 Å². The number of carbonyl (C=O) groups is 1. The minimum Gasteiger partial charge on any atom is -0.474 e. The zero-order valence-corrected chi connectivity index (χ0v) is 19.7. The molecule has 0 atom stereocenters. The summed E-state index contributed by atoms with van der Waals surface area (Å²) in [5.41, 5.74) is 3.21. The van der Waals surface area contributed by atoms with E-state index in [1.165, 1.54) is 6.20 Å². The normalized spacial score (nSPS) is 16.4. The summed E-state index contributed by atoms with van der Waals surface area (Å²) in [6.07, 6.45) is 2.70. The molecule has 0 bridgehead atoms. The standard InChI is InChI=1S/C25H26F2N6O3/c1-15-19(14-30-24-21(15)28-10-13-36-24)32-18-6-9-29-22(34)20(18)23(35)31-16-2-4-17(5-3-16)33-11-7-25(26,27)8-12-33/h2-6,9,14,28H,7-8,10-13H2,1H3,(H,31,35)(H2,29,32,34). The summed E-state index contributed by atoms with van der Waals surface area (Å²) in [7, 11) is 0. The number of nitrogens with one attached hydrogen (secondary N) is 4. The Hall–Kier alpha value is -4.15. The van der Waals surface area contributed by atoms with Crippen LogP contribution in [0.2, 0.25) is 0 Å². The van der Waals surface area contributed by atoms with E-state index >= 15 is 0 Å². The van der Waals surface area contributed by atoms with Crippen molar-refractivity contribution in [3.05, 3.63) is 64.2 Å². The first-order chi connectivity index (χ1) is 17.3. The van der Waals surface area contributed by atoms with Gasteiger partial charge < -0.3 is 30.6 Å². The number of hydrogen-bond donors (Lipinski definition) is 4. The molecule has 11 heteroatoms. The Morgan fingerprint density at radius 3 is 2.64 bits per heavy atom. The molecule has 4 heterocycles. The summed E-state index contributed by atoms with van der Waals surface area (Å²) in [6, 6.07) is 8.52. The zero-order chi connectivity index (χ0) is 25.3. The van der Waals surface area contributed by atoms with Gasteiger partial charge >= 0.3 is 0 Å². The Morgan fingerprint density at radius 1 is 1.14 bits per heavy atom. The molecule has 188 valence electrons. The smallest absolute Gasteiger partial charge is 0.263 e. The van der Waals surface area contributed by atoms with Crippen molar-refractivity contribution in [3.63, 3.8) is 0 Å². The first kappa shape index (κ1) is 23.6. The fraction of sp³-hybridized carbons (Fsp3) is 0.320. The Bertz CT molecular complexity index is 1330. The van der Waals surface area contributed by atoms with E-state index in [1.54, 1.807) is 36.5 Å². The summed E-state index contributed by atoms with van der Waals surface area (Å²) < 4.78 is 32.4. The number of H-pyrrole nitrogens is 1. The van der Waals surface area contributed by atoms with Crippen molar-refractivity contribution in [1.29, 1.82) is 0 Å². The lowest BCUT2D eigenvalue weighted by Crippen LogP contribution is -2.39. The predicted molar refractivity (Wildman–Crippen MR) is 134 cm³/mol. The number of alkyl halides is 2. The van der Waals surface area contributed by atoms with Crippen LogP contribution < -0.4 is 31.1 Å². The van der Waals surface area contributed by atoms with Crippen molar-refractivity contribution >= 4 is 34.3 Å². The maximum Gasteiger partial charge on any atom is 0.263 e. The van der Waals surface area contributed by atoms with Crippen molar-refractivity contribution in [2.45, 2.75) is 25.7 Å². The van der Waals surface area contributed by atoms with Crippen LogP contribution in [0.5, 0.6) is 5.88 Å². The van der Waals surface area contributed by atoms with Crippen LogP contribution in [0.4, 0.5) is 37.2 Å². The third-order valence-electron chi connectivity index (χ3n) is 6.39. The number of halogens is 2. The van der Waals surface area contributed by atoms with Crippen LogP contribution in [0, 0.1) is 6.92 Å². The van der Waals surface area contributed by atoms with Gasteiger partial charge in [0.2, 0.25) is 5.88 Å². The molecule has 3 aromatic rings. The lowest BCUT2D eigenvalue weighted by molar-refractivity contribution is -0.0220. The topological polar surface area (TPSA) is 111 Å². The number of nitrogens with zero attached hydrogens (tertiary/aromatic N) is 2. The van der Waals surface area contributed by atoms with Gasteiger partial charge in [-0.15, -0.1) is 0 Å². The fourth-order valence-electron chi connectivity index (χ4n) is 4.34. The van der Waals surface area contributed by atoms with Crippen LogP contribution in [0.25, 0.3) is 0 Å². The highest BCUT2D eigenvalue weighted by Gasteiger charge is 2.34. The van der Waals surface area contributed by atoms with Crippen molar-refractivity contribution < 1.29 is 18.3 Å². The van der Waals surface area contributed by atoms with E-state index < -0.39 is 17.4 Å². The Balaban J connectivity index is 1.33. The number of pyridine rings is 2. The van der Waals surface area contributed by atoms with Gasteiger partial charge in [-0.1, -0.05) is 0 Å². The molecular weight excluding hydrogens is 470 g/mol. The molecule has 36 heavy (non-hydrogen) atoms. The number of carbonyl (C=O) groups excluding carboxylic acids is 1. The molecule has 4 N–H and O–H groups in total. The summed E-state index contributed by atoms with van der Waals surface area (Å²) >= 11 is 0. The Morgan fingerprint density at radius 2 is 1.89 bits per heavy atom. The molecule has 0 saturated carbocycles. The van der Waals surface area contributed by atoms with Gasteiger partial charge in [0.25, 0.3) is 17.4 Å². The second-order valence-electron chi connectivity index (χ2n) is 8.82. The molecule has 1 saturated heterocycles. The molecule has 1 fully saturated rings. The van der Waals surface area contributed by atoms with Gasteiger partial charge in [0, 0.05) is 55.6 Å². The quantitative estimate of drug-likeness (QED) is 0.421. The molecule has 2 aliphatic heterocycles. The fourth-order valence-corrected chi connectivity index (χ4v) is 4.34. The number of amides is 1. The maximum absolute atomic E-state index is 13.4. The second kappa shape index (κ2) is 9.48. The summed E-state index contributed by atoms with van der Waals surface area (Å²) in [4.78, 5) is 34.5. The van der Waals surface area contributed by atoms with E-state index in [2.05, 4.69) is 25.9 Å². The number of rotatable bonds is 5. The number of benzene rings is 1. The van der Waals surface area contributed by atoms with Gasteiger partial charge in [-0.2, -0.15) is 0 Å². The highest BCUT2D eigenvalue weighted by atomic mass is 19.3. The minimum absolute atomic E-state index is 0.0823. The molecule has 0 spiro atoms. The minimum atomic E-state index is -2.61. The SMILES string of the molecule is Cc1c(Nc2cc[nH]c(=O)c2C(=O)Nc2ccc(N3CCC(F)(F)CC3)cc2)cnc2c1NCCO2. The molecule has 1 amide bonds.